The van der Waals surface area contributed by atoms with Gasteiger partial charge in [-0.2, -0.15) is 0 Å². The maximum atomic E-state index is 12.5. The Kier molecular flexibility index (Phi) is 5.51. The molecule has 124 valence electrons. The molecule has 0 saturated carbocycles. The number of hydrogen-bond donors (Lipinski definition) is 1. The van der Waals surface area contributed by atoms with Crippen molar-refractivity contribution < 1.29 is 19.1 Å². The van der Waals surface area contributed by atoms with Crippen molar-refractivity contribution in [3.8, 4) is 0 Å². The van der Waals surface area contributed by atoms with Crippen LogP contribution >= 0.6 is 0 Å². The van der Waals surface area contributed by atoms with Crippen LogP contribution in [0.15, 0.2) is 18.3 Å². The van der Waals surface area contributed by atoms with Crippen molar-refractivity contribution in [2.24, 2.45) is 0 Å². The molecule has 3 amide bonds. The van der Waals surface area contributed by atoms with Gasteiger partial charge >= 0.3 is 6.09 Å². The molecular formula is C15H20N4O4. The molecule has 1 aliphatic rings. The summed E-state index contributed by atoms with van der Waals surface area (Å²) in [5, 5.41) is 2.55. The summed E-state index contributed by atoms with van der Waals surface area (Å²) in [6, 6.07) is 3.15. The first-order valence-electron chi connectivity index (χ1n) is 7.46. The fraction of sp³-hybridized carbons (Fsp3) is 0.467. The van der Waals surface area contributed by atoms with E-state index in [9.17, 15) is 14.4 Å². The van der Waals surface area contributed by atoms with Crippen LogP contribution in [0.3, 0.4) is 0 Å². The van der Waals surface area contributed by atoms with E-state index in [1.165, 1.54) is 13.1 Å². The third-order valence-corrected chi connectivity index (χ3v) is 3.40. The number of ether oxygens (including phenoxy) is 1. The molecule has 0 aromatic carbocycles. The highest BCUT2D eigenvalue weighted by molar-refractivity contribution is 5.96. The summed E-state index contributed by atoms with van der Waals surface area (Å²) in [4.78, 5) is 42.4. The van der Waals surface area contributed by atoms with Crippen molar-refractivity contribution in [2.75, 3.05) is 38.1 Å². The molecule has 2 rings (SSSR count). The standard InChI is InChI=1S/C15H20N4O4/c1-3-23-15(22)19-8-6-18(7-9-19)14(21)12-4-5-16-13(10-12)17-11(2)20/h4-5,10H,3,6-9H2,1-2H3,(H,16,17,20). The topological polar surface area (TPSA) is 91.8 Å². The van der Waals surface area contributed by atoms with Gasteiger partial charge in [-0.25, -0.2) is 9.78 Å². The van der Waals surface area contributed by atoms with E-state index in [1.807, 2.05) is 0 Å². The van der Waals surface area contributed by atoms with Crippen LogP contribution in [-0.2, 0) is 9.53 Å². The number of carbonyl (C=O) groups is 3. The first-order valence-corrected chi connectivity index (χ1v) is 7.46. The zero-order chi connectivity index (χ0) is 16.8. The Morgan fingerprint density at radius 2 is 1.87 bits per heavy atom. The molecule has 1 aromatic rings. The Morgan fingerprint density at radius 1 is 1.22 bits per heavy atom. The largest absolute Gasteiger partial charge is 0.450 e. The summed E-state index contributed by atoms with van der Waals surface area (Å²) in [6.45, 7) is 5.23. The van der Waals surface area contributed by atoms with Gasteiger partial charge in [-0.05, 0) is 19.1 Å². The molecule has 8 nitrogen and oxygen atoms in total. The molecule has 0 spiro atoms. The van der Waals surface area contributed by atoms with Crippen LogP contribution < -0.4 is 5.32 Å². The lowest BCUT2D eigenvalue weighted by Gasteiger charge is -2.34. The smallest absolute Gasteiger partial charge is 0.409 e. The molecule has 0 radical (unpaired) electrons. The number of anilines is 1. The third-order valence-electron chi connectivity index (χ3n) is 3.40. The summed E-state index contributed by atoms with van der Waals surface area (Å²) >= 11 is 0. The molecule has 23 heavy (non-hydrogen) atoms. The van der Waals surface area contributed by atoms with Crippen molar-refractivity contribution in [3.63, 3.8) is 0 Å². The van der Waals surface area contributed by atoms with Crippen molar-refractivity contribution >= 4 is 23.7 Å². The maximum Gasteiger partial charge on any atom is 0.409 e. The van der Waals surface area contributed by atoms with Gasteiger partial charge < -0.3 is 19.9 Å². The second kappa shape index (κ2) is 7.57. The van der Waals surface area contributed by atoms with Gasteiger partial charge in [0.05, 0.1) is 6.61 Å². The second-order valence-electron chi connectivity index (χ2n) is 5.09. The van der Waals surface area contributed by atoms with Crippen molar-refractivity contribution in [2.45, 2.75) is 13.8 Å². The number of amides is 3. The van der Waals surface area contributed by atoms with Crippen molar-refractivity contribution in [1.29, 1.82) is 0 Å². The van der Waals surface area contributed by atoms with E-state index in [0.717, 1.165) is 0 Å². The molecule has 0 bridgehead atoms. The van der Waals surface area contributed by atoms with Crippen LogP contribution in [0, 0.1) is 0 Å². The van der Waals surface area contributed by atoms with E-state index in [2.05, 4.69) is 10.3 Å². The molecule has 1 saturated heterocycles. The van der Waals surface area contributed by atoms with Crippen molar-refractivity contribution in [3.05, 3.63) is 23.9 Å². The quantitative estimate of drug-likeness (QED) is 0.895. The van der Waals surface area contributed by atoms with Gasteiger partial charge in [-0.3, -0.25) is 9.59 Å². The monoisotopic (exact) mass is 320 g/mol. The van der Waals surface area contributed by atoms with Crippen LogP contribution in [0.5, 0.6) is 0 Å². The molecule has 0 atom stereocenters. The molecule has 0 aliphatic carbocycles. The Balaban J connectivity index is 1.97. The summed E-state index contributed by atoms with van der Waals surface area (Å²) in [5.74, 6) is -0.0545. The summed E-state index contributed by atoms with van der Waals surface area (Å²) in [7, 11) is 0. The second-order valence-corrected chi connectivity index (χ2v) is 5.09. The van der Waals surface area contributed by atoms with Gasteiger partial charge in [0.15, 0.2) is 0 Å². The van der Waals surface area contributed by atoms with Crippen molar-refractivity contribution in [1.82, 2.24) is 14.8 Å². The predicted octanol–water partition coefficient (Wildman–Crippen LogP) is 0.954. The first kappa shape index (κ1) is 16.7. The summed E-state index contributed by atoms with van der Waals surface area (Å²) < 4.78 is 4.95. The Labute approximate surface area is 134 Å². The Bertz CT molecular complexity index is 597. The highest BCUT2D eigenvalue weighted by atomic mass is 16.6. The lowest BCUT2D eigenvalue weighted by Crippen LogP contribution is -2.50. The van der Waals surface area contributed by atoms with E-state index in [0.29, 0.717) is 44.2 Å². The molecule has 1 fully saturated rings. The van der Waals surface area contributed by atoms with E-state index < -0.39 is 0 Å². The van der Waals surface area contributed by atoms with Crippen LogP contribution in [0.4, 0.5) is 10.6 Å². The molecule has 1 aromatic heterocycles. The number of nitrogens with one attached hydrogen (secondary N) is 1. The fourth-order valence-corrected chi connectivity index (χ4v) is 2.30. The minimum absolute atomic E-state index is 0.150. The average molecular weight is 320 g/mol. The molecular weight excluding hydrogens is 300 g/mol. The van der Waals surface area contributed by atoms with Gasteiger partial charge in [-0.15, -0.1) is 0 Å². The summed E-state index contributed by atoms with van der Waals surface area (Å²) in [5.41, 5.74) is 0.452. The fourth-order valence-electron chi connectivity index (χ4n) is 2.30. The molecule has 2 heterocycles. The first-order chi connectivity index (χ1) is 11.0. The normalized spacial score (nSPS) is 14.3. The Morgan fingerprint density at radius 3 is 2.48 bits per heavy atom. The number of hydrogen-bond acceptors (Lipinski definition) is 5. The van der Waals surface area contributed by atoms with Crippen LogP contribution in [0.2, 0.25) is 0 Å². The Hall–Kier alpha value is -2.64. The van der Waals surface area contributed by atoms with Gasteiger partial charge in [0.25, 0.3) is 5.91 Å². The SMILES string of the molecule is CCOC(=O)N1CCN(C(=O)c2ccnc(NC(C)=O)c2)CC1. The minimum atomic E-state index is -0.351. The number of carbonyl (C=O) groups excluding carboxylic acids is 3. The van der Waals surface area contributed by atoms with E-state index in [-0.39, 0.29) is 17.9 Å². The number of aromatic nitrogens is 1. The van der Waals surface area contributed by atoms with E-state index >= 15 is 0 Å². The molecule has 1 N–H and O–H groups in total. The highest BCUT2D eigenvalue weighted by Gasteiger charge is 2.25. The number of nitrogens with zero attached hydrogens (tertiary/aromatic N) is 3. The third kappa shape index (κ3) is 4.41. The lowest BCUT2D eigenvalue weighted by atomic mass is 10.2. The molecule has 8 heteroatoms. The van der Waals surface area contributed by atoms with Crippen LogP contribution in [0.1, 0.15) is 24.2 Å². The highest BCUT2D eigenvalue weighted by Crippen LogP contribution is 2.12. The zero-order valence-corrected chi connectivity index (χ0v) is 13.2. The van der Waals surface area contributed by atoms with E-state index in [4.69, 9.17) is 4.74 Å². The summed E-state index contributed by atoms with van der Waals surface area (Å²) in [6.07, 6.45) is 1.13. The van der Waals surface area contributed by atoms with Gasteiger partial charge in [0.1, 0.15) is 5.82 Å². The predicted molar refractivity (Wildman–Crippen MR) is 83.0 cm³/mol. The number of rotatable bonds is 3. The minimum Gasteiger partial charge on any atom is -0.450 e. The van der Waals surface area contributed by atoms with Gasteiger partial charge in [0, 0.05) is 44.9 Å². The van der Waals surface area contributed by atoms with Gasteiger partial charge in [-0.1, -0.05) is 0 Å². The number of pyridine rings is 1. The number of piperazine rings is 1. The van der Waals surface area contributed by atoms with Crippen LogP contribution in [-0.4, -0.2) is 65.5 Å². The van der Waals surface area contributed by atoms with Gasteiger partial charge in [0.2, 0.25) is 5.91 Å². The molecule has 1 aliphatic heterocycles. The van der Waals surface area contributed by atoms with Crippen LogP contribution in [0.25, 0.3) is 0 Å². The zero-order valence-electron chi connectivity index (χ0n) is 13.2. The maximum absolute atomic E-state index is 12.5. The molecule has 0 unspecified atom stereocenters. The average Bonchev–Trinajstić information content (AvgIpc) is 2.54. The van der Waals surface area contributed by atoms with E-state index in [1.54, 1.807) is 28.9 Å². The lowest BCUT2D eigenvalue weighted by molar-refractivity contribution is -0.114.